The van der Waals surface area contributed by atoms with E-state index in [-0.39, 0.29) is 0 Å². The predicted octanol–water partition coefficient (Wildman–Crippen LogP) is 5.02. The van der Waals surface area contributed by atoms with Gasteiger partial charge in [0.25, 0.3) is 0 Å². The maximum Gasteiger partial charge on any atom is 0.405 e. The molecule has 0 unspecified atom stereocenters. The Kier molecular flexibility index (Phi) is 12.8. The molecule has 4 nitrogen and oxygen atoms in total. The van der Waals surface area contributed by atoms with Gasteiger partial charge in [-0.2, -0.15) is 0 Å². The third-order valence-electron chi connectivity index (χ3n) is 2.39. The molecule has 0 heterocycles. The van der Waals surface area contributed by atoms with Gasteiger partial charge in [-0.3, -0.25) is 0 Å². The summed E-state index contributed by atoms with van der Waals surface area (Å²) >= 11 is 3.84. The molecule has 0 spiro atoms. The van der Waals surface area contributed by atoms with Crippen molar-refractivity contribution in [1.82, 2.24) is 0 Å². The molecule has 0 aliphatic heterocycles. The van der Waals surface area contributed by atoms with Crippen LogP contribution < -0.4 is 5.73 Å². The van der Waals surface area contributed by atoms with Crippen molar-refractivity contribution in [2.75, 3.05) is 0 Å². The summed E-state index contributed by atoms with van der Waals surface area (Å²) in [6.07, 6.45) is 4.67. The predicted molar refractivity (Wildman–Crippen MR) is 95.0 cm³/mol. The highest BCUT2D eigenvalue weighted by Crippen LogP contribution is 2.29. The first-order valence-electron chi connectivity index (χ1n) is 7.64. The normalized spacial score (nSPS) is 15.2. The van der Waals surface area contributed by atoms with Crippen LogP contribution >= 0.6 is 12.8 Å². The van der Waals surface area contributed by atoms with E-state index in [1.807, 2.05) is 6.92 Å². The molecule has 1 aliphatic rings. The van der Waals surface area contributed by atoms with Gasteiger partial charge in [0.05, 0.1) is 0 Å². The number of amides is 1. The Labute approximate surface area is 136 Å². The van der Waals surface area contributed by atoms with Crippen molar-refractivity contribution in [3.05, 3.63) is 0 Å². The number of ether oxygens (including phenoxy) is 1. The third-order valence-corrected chi connectivity index (χ3v) is 2.73. The van der Waals surface area contributed by atoms with E-state index in [0.717, 1.165) is 11.8 Å². The van der Waals surface area contributed by atoms with Crippen molar-refractivity contribution in [3.63, 3.8) is 0 Å². The summed E-state index contributed by atoms with van der Waals surface area (Å²) in [5, 5.41) is 0. The van der Waals surface area contributed by atoms with Crippen molar-refractivity contribution < 1.29 is 9.53 Å². The van der Waals surface area contributed by atoms with Crippen LogP contribution in [0.25, 0.3) is 0 Å². The second-order valence-corrected chi connectivity index (χ2v) is 7.30. The Hall–Kier alpha value is -0.710. The smallest absolute Gasteiger partial charge is 0.405 e. The first kappa shape index (κ1) is 22.6. The van der Waals surface area contributed by atoms with E-state index in [2.05, 4.69) is 42.7 Å². The Bertz CT molecular complexity index is 303. The lowest BCUT2D eigenvalue weighted by Gasteiger charge is -2.24. The minimum Gasteiger partial charge on any atom is -0.444 e. The van der Waals surface area contributed by atoms with Gasteiger partial charge in [-0.15, -0.1) is 0 Å². The Morgan fingerprint density at radius 1 is 1.33 bits per heavy atom. The van der Waals surface area contributed by atoms with Crippen molar-refractivity contribution in [1.29, 1.82) is 0 Å². The maximum atomic E-state index is 10.0. The zero-order chi connectivity index (χ0) is 17.1. The quantitative estimate of drug-likeness (QED) is 0.554. The topological polar surface area (TPSA) is 64.7 Å². The van der Waals surface area contributed by atoms with Gasteiger partial charge in [-0.05, 0) is 58.8 Å². The molecule has 2 N–H and O–H groups in total. The van der Waals surface area contributed by atoms with Crippen LogP contribution in [0.1, 0.15) is 74.1 Å². The highest BCUT2D eigenvalue weighted by Gasteiger charge is 2.17. The number of carbonyl (C=O) groups excluding carboxylic acids is 1. The van der Waals surface area contributed by atoms with Crippen LogP contribution in [-0.4, -0.2) is 17.4 Å². The van der Waals surface area contributed by atoms with Crippen LogP contribution in [0.5, 0.6) is 0 Å². The Morgan fingerprint density at radius 2 is 1.76 bits per heavy atom. The van der Waals surface area contributed by atoms with Gasteiger partial charge >= 0.3 is 6.09 Å². The SMILES string of the molecule is C/C(CC1CCC1)=N\S.CC(C)(C)OC(N)=O.CC(C)C. The second kappa shape index (κ2) is 11.9. The van der Waals surface area contributed by atoms with Crippen molar-refractivity contribution in [2.45, 2.75) is 79.8 Å². The molecular formula is C16H34N2O2S. The molecule has 1 fully saturated rings. The summed E-state index contributed by atoms with van der Waals surface area (Å²) in [5.41, 5.74) is 5.45. The van der Waals surface area contributed by atoms with Gasteiger partial charge in [0, 0.05) is 5.71 Å². The highest BCUT2D eigenvalue weighted by molar-refractivity contribution is 7.79. The molecule has 1 rings (SSSR count). The largest absolute Gasteiger partial charge is 0.444 e. The van der Waals surface area contributed by atoms with Crippen LogP contribution in [0.4, 0.5) is 4.79 Å². The van der Waals surface area contributed by atoms with Crippen LogP contribution in [0.15, 0.2) is 4.40 Å². The summed E-state index contributed by atoms with van der Waals surface area (Å²) in [7, 11) is 0. The van der Waals surface area contributed by atoms with E-state index in [9.17, 15) is 4.79 Å². The van der Waals surface area contributed by atoms with Gasteiger partial charge in [-0.25, -0.2) is 9.19 Å². The number of thiol groups is 1. The lowest BCUT2D eigenvalue weighted by atomic mass is 9.82. The number of nitrogens with zero attached hydrogens (tertiary/aromatic N) is 1. The van der Waals surface area contributed by atoms with Crippen LogP contribution in [0.3, 0.4) is 0 Å². The molecule has 21 heavy (non-hydrogen) atoms. The molecule has 0 bridgehead atoms. The molecule has 1 amide bonds. The van der Waals surface area contributed by atoms with E-state index in [0.29, 0.717) is 0 Å². The standard InChI is InChI=1S/C7H13NS.C5H11NO2.C4H10/c1-6(8-9)5-7-3-2-4-7;1-5(2,3)8-4(6)7;1-4(2)3/h7,9H,2-5H2,1H3;1-3H3,(H2,6,7);4H,1-3H3/b8-6+;;. The van der Waals surface area contributed by atoms with E-state index in [1.165, 1.54) is 31.4 Å². The fourth-order valence-corrected chi connectivity index (χ4v) is 1.54. The first-order chi connectivity index (χ1) is 9.47. The zero-order valence-electron chi connectivity index (χ0n) is 14.8. The Balaban J connectivity index is 0. The summed E-state index contributed by atoms with van der Waals surface area (Å²) < 4.78 is 8.40. The number of hydrogen-bond acceptors (Lipinski definition) is 4. The fourth-order valence-electron chi connectivity index (χ4n) is 1.46. The van der Waals surface area contributed by atoms with Crippen LogP contribution in [0.2, 0.25) is 0 Å². The molecule has 0 atom stereocenters. The monoisotopic (exact) mass is 318 g/mol. The lowest BCUT2D eigenvalue weighted by molar-refractivity contribution is 0.0600. The maximum absolute atomic E-state index is 10.0. The molecule has 126 valence electrons. The number of hydrogen-bond donors (Lipinski definition) is 2. The second-order valence-electron chi connectivity index (χ2n) is 7.10. The molecule has 0 aromatic rings. The van der Waals surface area contributed by atoms with Crippen LogP contribution in [0, 0.1) is 11.8 Å². The van der Waals surface area contributed by atoms with Crippen LogP contribution in [-0.2, 0) is 4.74 Å². The number of primary amides is 1. The van der Waals surface area contributed by atoms with Gasteiger partial charge < -0.3 is 10.5 Å². The van der Waals surface area contributed by atoms with Crippen molar-refractivity contribution in [3.8, 4) is 0 Å². The molecule has 0 radical (unpaired) electrons. The highest BCUT2D eigenvalue weighted by atomic mass is 32.1. The minimum atomic E-state index is -0.725. The van der Waals surface area contributed by atoms with E-state index in [1.54, 1.807) is 20.8 Å². The first-order valence-corrected chi connectivity index (χ1v) is 8.04. The number of rotatable bonds is 2. The molecular weight excluding hydrogens is 284 g/mol. The molecule has 0 saturated heterocycles. The average molecular weight is 319 g/mol. The molecule has 1 aliphatic carbocycles. The minimum absolute atomic E-state index is 0.453. The summed E-state index contributed by atoms with van der Waals surface area (Å²) in [4.78, 5) is 10.0. The van der Waals surface area contributed by atoms with Gasteiger partial charge in [0.1, 0.15) is 5.60 Å². The summed E-state index contributed by atoms with van der Waals surface area (Å²) in [6, 6.07) is 0. The molecule has 0 aromatic carbocycles. The van der Waals surface area contributed by atoms with Gasteiger partial charge in [0.15, 0.2) is 0 Å². The molecule has 5 heteroatoms. The van der Waals surface area contributed by atoms with E-state index < -0.39 is 11.7 Å². The Morgan fingerprint density at radius 3 is 1.90 bits per heavy atom. The third kappa shape index (κ3) is 21.7. The lowest BCUT2D eigenvalue weighted by Crippen LogP contribution is -2.27. The summed E-state index contributed by atoms with van der Waals surface area (Å²) in [6.45, 7) is 13.8. The average Bonchev–Trinajstić information content (AvgIpc) is 2.19. The number of nitrogens with two attached hydrogens (primary N) is 1. The fraction of sp³-hybridized carbons (Fsp3) is 0.875. The number of carbonyl (C=O) groups is 1. The van der Waals surface area contributed by atoms with E-state index >= 15 is 0 Å². The summed E-state index contributed by atoms with van der Waals surface area (Å²) in [5.74, 6) is 1.76. The zero-order valence-corrected chi connectivity index (χ0v) is 15.7. The molecule has 1 saturated carbocycles. The van der Waals surface area contributed by atoms with Gasteiger partial charge in [0.2, 0.25) is 0 Å². The van der Waals surface area contributed by atoms with Gasteiger partial charge in [-0.1, -0.05) is 40.0 Å². The van der Waals surface area contributed by atoms with Crippen molar-refractivity contribution in [2.24, 2.45) is 22.0 Å². The molecule has 0 aromatic heterocycles. The van der Waals surface area contributed by atoms with Crippen molar-refractivity contribution >= 4 is 24.6 Å². The van der Waals surface area contributed by atoms with E-state index in [4.69, 9.17) is 5.73 Å².